The van der Waals surface area contributed by atoms with E-state index >= 15 is 0 Å². The van der Waals surface area contributed by atoms with Gasteiger partial charge in [-0.3, -0.25) is 4.79 Å². The van der Waals surface area contributed by atoms with E-state index in [0.29, 0.717) is 17.9 Å². The quantitative estimate of drug-likeness (QED) is 0.784. The molecule has 0 atom stereocenters. The molecular formula is C19H20N2O3. The molecule has 0 aliphatic heterocycles. The van der Waals surface area contributed by atoms with Gasteiger partial charge in [-0.25, -0.2) is 0 Å². The van der Waals surface area contributed by atoms with Crippen LogP contribution in [-0.4, -0.2) is 24.7 Å². The van der Waals surface area contributed by atoms with Gasteiger partial charge in [0.25, 0.3) is 5.91 Å². The molecule has 0 radical (unpaired) electrons. The average molecular weight is 324 g/mol. The van der Waals surface area contributed by atoms with Gasteiger partial charge in [-0.05, 0) is 24.3 Å². The smallest absolute Gasteiger partial charge is 0.253 e. The number of nitrogens with one attached hydrogen (secondary N) is 1. The van der Waals surface area contributed by atoms with Gasteiger partial charge >= 0.3 is 0 Å². The van der Waals surface area contributed by atoms with E-state index in [1.807, 2.05) is 60.3 Å². The van der Waals surface area contributed by atoms with Crippen LogP contribution >= 0.6 is 0 Å². The number of hydrogen-bond donors (Lipinski definition) is 1. The third kappa shape index (κ3) is 2.93. The summed E-state index contributed by atoms with van der Waals surface area (Å²) in [7, 11) is 5.16. The lowest BCUT2D eigenvalue weighted by Gasteiger charge is -2.11. The largest absolute Gasteiger partial charge is 0.497 e. The predicted molar refractivity (Wildman–Crippen MR) is 93.6 cm³/mol. The van der Waals surface area contributed by atoms with Crippen molar-refractivity contribution in [2.24, 2.45) is 7.05 Å². The van der Waals surface area contributed by atoms with Crippen molar-refractivity contribution in [3.63, 3.8) is 0 Å². The van der Waals surface area contributed by atoms with Crippen LogP contribution in [0.5, 0.6) is 11.5 Å². The normalized spacial score (nSPS) is 10.6. The van der Waals surface area contributed by atoms with Crippen LogP contribution in [0, 0.1) is 0 Å². The number of para-hydroxylation sites is 1. The monoisotopic (exact) mass is 324 g/mol. The lowest BCUT2D eigenvalue weighted by Crippen LogP contribution is -2.22. The minimum absolute atomic E-state index is 0.114. The summed E-state index contributed by atoms with van der Waals surface area (Å²) >= 11 is 0. The van der Waals surface area contributed by atoms with Crippen molar-refractivity contribution in [1.29, 1.82) is 0 Å². The van der Waals surface area contributed by atoms with Gasteiger partial charge < -0.3 is 19.4 Å². The van der Waals surface area contributed by atoms with E-state index in [2.05, 4.69) is 5.32 Å². The van der Waals surface area contributed by atoms with Crippen molar-refractivity contribution in [3.8, 4) is 11.5 Å². The Balaban J connectivity index is 1.83. The minimum atomic E-state index is -0.114. The summed E-state index contributed by atoms with van der Waals surface area (Å²) in [4.78, 5) is 12.6. The maximum Gasteiger partial charge on any atom is 0.253 e. The molecule has 124 valence electrons. The van der Waals surface area contributed by atoms with Crippen molar-refractivity contribution >= 4 is 16.8 Å². The zero-order valence-electron chi connectivity index (χ0n) is 14.0. The number of fused-ring (bicyclic) bond motifs is 1. The molecule has 1 aromatic heterocycles. The highest BCUT2D eigenvalue weighted by Gasteiger charge is 2.14. The highest BCUT2D eigenvalue weighted by Crippen LogP contribution is 2.24. The molecule has 0 aliphatic carbocycles. The number of carbonyl (C=O) groups excluding carboxylic acids is 1. The van der Waals surface area contributed by atoms with Crippen LogP contribution in [0.3, 0.4) is 0 Å². The summed E-state index contributed by atoms with van der Waals surface area (Å²) in [5.74, 6) is 1.33. The first-order chi connectivity index (χ1) is 11.6. The lowest BCUT2D eigenvalue weighted by atomic mass is 10.1. The first-order valence-corrected chi connectivity index (χ1v) is 7.67. The van der Waals surface area contributed by atoms with Gasteiger partial charge in [-0.15, -0.1) is 0 Å². The van der Waals surface area contributed by atoms with E-state index in [9.17, 15) is 4.79 Å². The van der Waals surface area contributed by atoms with Gasteiger partial charge in [0.05, 0.1) is 19.8 Å². The van der Waals surface area contributed by atoms with E-state index in [4.69, 9.17) is 9.47 Å². The van der Waals surface area contributed by atoms with Gasteiger partial charge in [0.2, 0.25) is 0 Å². The number of carbonyl (C=O) groups is 1. The fourth-order valence-electron chi connectivity index (χ4n) is 2.81. The molecule has 0 bridgehead atoms. The lowest BCUT2D eigenvalue weighted by molar-refractivity contribution is 0.0952. The molecular weight excluding hydrogens is 304 g/mol. The summed E-state index contributed by atoms with van der Waals surface area (Å²) in [6.07, 6.45) is 1.85. The van der Waals surface area contributed by atoms with E-state index in [0.717, 1.165) is 22.2 Å². The summed E-state index contributed by atoms with van der Waals surface area (Å²) in [6, 6.07) is 13.4. The van der Waals surface area contributed by atoms with Crippen molar-refractivity contribution < 1.29 is 14.3 Å². The molecule has 0 aliphatic rings. The second-order valence-electron chi connectivity index (χ2n) is 5.53. The second kappa shape index (κ2) is 6.66. The molecule has 0 saturated carbocycles. The molecule has 1 amide bonds. The Hall–Kier alpha value is -2.95. The number of aryl methyl sites for hydroxylation is 1. The Labute approximate surface area is 140 Å². The molecule has 0 saturated heterocycles. The molecule has 1 N–H and O–H groups in total. The fourth-order valence-corrected chi connectivity index (χ4v) is 2.81. The maximum absolute atomic E-state index is 12.6. The maximum atomic E-state index is 12.6. The number of aromatic nitrogens is 1. The SMILES string of the molecule is COc1ccc(OC)c(CNC(=O)c2cn(C)c3ccccc23)c1. The van der Waals surface area contributed by atoms with Crippen molar-refractivity contribution in [2.75, 3.05) is 14.2 Å². The van der Waals surface area contributed by atoms with E-state index < -0.39 is 0 Å². The van der Waals surface area contributed by atoms with E-state index in [1.165, 1.54) is 0 Å². The highest BCUT2D eigenvalue weighted by molar-refractivity contribution is 6.06. The number of ether oxygens (including phenoxy) is 2. The third-order valence-corrected chi connectivity index (χ3v) is 4.07. The van der Waals surface area contributed by atoms with E-state index in [1.54, 1.807) is 14.2 Å². The number of rotatable bonds is 5. The molecule has 5 heteroatoms. The standard InChI is InChI=1S/C19H20N2O3/c1-21-12-16(15-6-4-5-7-17(15)21)19(22)20-11-13-10-14(23-2)8-9-18(13)24-3/h4-10,12H,11H2,1-3H3,(H,20,22). The predicted octanol–water partition coefficient (Wildman–Crippen LogP) is 3.13. The molecule has 1 heterocycles. The Morgan fingerprint density at radius 2 is 1.92 bits per heavy atom. The number of nitrogens with zero attached hydrogens (tertiary/aromatic N) is 1. The number of methoxy groups -OCH3 is 2. The Morgan fingerprint density at radius 1 is 1.12 bits per heavy atom. The van der Waals surface area contributed by atoms with Gasteiger partial charge in [0, 0.05) is 36.3 Å². The molecule has 5 nitrogen and oxygen atoms in total. The van der Waals surface area contributed by atoms with Gasteiger partial charge in [0.1, 0.15) is 11.5 Å². The third-order valence-electron chi connectivity index (χ3n) is 4.07. The van der Waals surface area contributed by atoms with Gasteiger partial charge in [0.15, 0.2) is 0 Å². The highest BCUT2D eigenvalue weighted by atomic mass is 16.5. The zero-order valence-corrected chi connectivity index (χ0v) is 14.0. The van der Waals surface area contributed by atoms with E-state index in [-0.39, 0.29) is 5.91 Å². The van der Waals surface area contributed by atoms with Crippen LogP contribution in [0.15, 0.2) is 48.7 Å². The van der Waals surface area contributed by atoms with Crippen molar-refractivity contribution in [3.05, 3.63) is 59.8 Å². The molecule has 0 unspecified atom stereocenters. The molecule has 3 rings (SSSR count). The first-order valence-electron chi connectivity index (χ1n) is 7.67. The zero-order chi connectivity index (χ0) is 17.1. The van der Waals surface area contributed by atoms with Crippen LogP contribution in [0.4, 0.5) is 0 Å². The molecule has 3 aromatic rings. The number of benzene rings is 2. The molecule has 0 fully saturated rings. The average Bonchev–Trinajstić information content (AvgIpc) is 2.96. The van der Waals surface area contributed by atoms with Crippen LogP contribution in [0.1, 0.15) is 15.9 Å². The van der Waals surface area contributed by atoms with Crippen LogP contribution in [-0.2, 0) is 13.6 Å². The molecule has 24 heavy (non-hydrogen) atoms. The molecule has 0 spiro atoms. The first kappa shape index (κ1) is 15.9. The van der Waals surface area contributed by atoms with Gasteiger partial charge in [-0.2, -0.15) is 0 Å². The van der Waals surface area contributed by atoms with Crippen molar-refractivity contribution in [1.82, 2.24) is 9.88 Å². The van der Waals surface area contributed by atoms with Crippen molar-refractivity contribution in [2.45, 2.75) is 6.54 Å². The van der Waals surface area contributed by atoms with Gasteiger partial charge in [-0.1, -0.05) is 18.2 Å². The van der Waals surface area contributed by atoms with Crippen LogP contribution in [0.2, 0.25) is 0 Å². The Kier molecular flexibility index (Phi) is 4.42. The topological polar surface area (TPSA) is 52.5 Å². The summed E-state index contributed by atoms with van der Waals surface area (Å²) in [5, 5.41) is 3.90. The Morgan fingerprint density at radius 3 is 2.67 bits per heavy atom. The molecule has 2 aromatic carbocycles. The fraction of sp³-hybridized carbons (Fsp3) is 0.211. The number of hydrogen-bond acceptors (Lipinski definition) is 3. The Bertz CT molecular complexity index is 883. The summed E-state index contributed by atoms with van der Waals surface area (Å²) < 4.78 is 12.5. The minimum Gasteiger partial charge on any atom is -0.497 e. The summed E-state index contributed by atoms with van der Waals surface area (Å²) in [5.41, 5.74) is 2.56. The number of amides is 1. The summed E-state index contributed by atoms with van der Waals surface area (Å²) in [6.45, 7) is 0.364. The van der Waals surface area contributed by atoms with Crippen LogP contribution in [0.25, 0.3) is 10.9 Å². The second-order valence-corrected chi connectivity index (χ2v) is 5.53. The van der Waals surface area contributed by atoms with Crippen LogP contribution < -0.4 is 14.8 Å².